The average molecular weight is 479 g/mol. The largest absolute Gasteiger partial charge is 0.382 e. The summed E-state index contributed by atoms with van der Waals surface area (Å²) < 4.78 is 5.48. The lowest BCUT2D eigenvalue weighted by Gasteiger charge is -2.30. The normalized spacial score (nSPS) is 14.3. The summed E-state index contributed by atoms with van der Waals surface area (Å²) in [6, 6.07) is 18.0. The summed E-state index contributed by atoms with van der Waals surface area (Å²) in [4.78, 5) is 29.7. The van der Waals surface area contributed by atoms with Gasteiger partial charge in [-0.05, 0) is 17.4 Å². The van der Waals surface area contributed by atoms with Gasteiger partial charge in [0.25, 0.3) is 5.91 Å². The van der Waals surface area contributed by atoms with Crippen molar-refractivity contribution in [3.63, 3.8) is 0 Å². The van der Waals surface area contributed by atoms with E-state index in [0.717, 1.165) is 11.1 Å². The lowest BCUT2D eigenvalue weighted by atomic mass is 9.85. The van der Waals surface area contributed by atoms with E-state index < -0.39 is 35.3 Å². The van der Waals surface area contributed by atoms with Gasteiger partial charge >= 0.3 is 0 Å². The number of aromatic nitrogens is 2. The summed E-state index contributed by atoms with van der Waals surface area (Å²) in [5.41, 5.74) is 2.54. The molecule has 2 aromatic carbocycles. The molecular formula is C26H30N4O5. The lowest BCUT2D eigenvalue weighted by Crippen LogP contribution is -2.47. The summed E-state index contributed by atoms with van der Waals surface area (Å²) in [6.07, 6.45) is 1.75. The first-order valence-corrected chi connectivity index (χ1v) is 11.2. The van der Waals surface area contributed by atoms with Gasteiger partial charge in [-0.1, -0.05) is 98.7 Å². The second-order valence-corrected chi connectivity index (χ2v) is 9.21. The van der Waals surface area contributed by atoms with Crippen LogP contribution in [-0.2, 0) is 9.59 Å². The summed E-state index contributed by atoms with van der Waals surface area (Å²) in [5.74, 6) is -2.27. The molecule has 0 spiro atoms. The molecule has 0 unspecified atom stereocenters. The van der Waals surface area contributed by atoms with Gasteiger partial charge in [-0.3, -0.25) is 14.8 Å². The molecule has 1 heterocycles. The van der Waals surface area contributed by atoms with E-state index in [1.165, 1.54) is 5.48 Å². The predicted octanol–water partition coefficient (Wildman–Crippen LogP) is 3.53. The maximum absolute atomic E-state index is 13.3. The Balaban J connectivity index is 1.83. The highest BCUT2D eigenvalue weighted by Gasteiger charge is 2.37. The third-order valence-electron chi connectivity index (χ3n) is 5.47. The first-order valence-electron chi connectivity index (χ1n) is 11.2. The van der Waals surface area contributed by atoms with Gasteiger partial charge in [0, 0.05) is 5.56 Å². The van der Waals surface area contributed by atoms with E-state index in [0.29, 0.717) is 5.82 Å². The maximum Gasteiger partial charge on any atom is 0.272 e. The number of amides is 2. The zero-order chi connectivity index (χ0) is 25.4. The number of carbonyl (C=O) groups excluding carboxylic acids is 2. The fraction of sp³-hybridized carbons (Fsp3) is 0.308. The van der Waals surface area contributed by atoms with Gasteiger partial charge in [0.1, 0.15) is 12.1 Å². The van der Waals surface area contributed by atoms with Crippen LogP contribution in [0.25, 0.3) is 17.5 Å². The smallest absolute Gasteiger partial charge is 0.272 e. The van der Waals surface area contributed by atoms with E-state index in [-0.39, 0.29) is 12.3 Å². The molecular weight excluding hydrogens is 448 g/mol. The molecule has 3 atom stereocenters. The van der Waals surface area contributed by atoms with Gasteiger partial charge in [-0.15, -0.1) is 0 Å². The summed E-state index contributed by atoms with van der Waals surface area (Å²) >= 11 is 0. The van der Waals surface area contributed by atoms with Crippen molar-refractivity contribution in [2.24, 2.45) is 11.3 Å². The highest BCUT2D eigenvalue weighted by molar-refractivity contribution is 5.89. The average Bonchev–Trinajstić information content (AvgIpc) is 3.34. The van der Waals surface area contributed by atoms with Gasteiger partial charge in [0.2, 0.25) is 17.6 Å². The van der Waals surface area contributed by atoms with Crippen molar-refractivity contribution >= 4 is 17.9 Å². The summed E-state index contributed by atoms with van der Waals surface area (Å²) in [6.45, 7) is 5.68. The monoisotopic (exact) mass is 478 g/mol. The fourth-order valence-electron chi connectivity index (χ4n) is 3.50. The van der Waals surface area contributed by atoms with Crippen LogP contribution in [0.2, 0.25) is 0 Å². The molecule has 184 valence electrons. The zero-order valence-corrected chi connectivity index (χ0v) is 19.9. The minimum atomic E-state index is -1.77. The molecule has 35 heavy (non-hydrogen) atoms. The van der Waals surface area contributed by atoms with E-state index >= 15 is 0 Å². The molecule has 0 aliphatic heterocycles. The lowest BCUT2D eigenvalue weighted by molar-refractivity contribution is -0.146. The Hall–Kier alpha value is -3.82. The van der Waals surface area contributed by atoms with Crippen molar-refractivity contribution in [3.8, 4) is 11.4 Å². The number of allylic oxidation sites excluding steroid dienone is 1. The number of carbonyl (C=O) groups is 2. The van der Waals surface area contributed by atoms with E-state index in [1.807, 2.05) is 81.4 Å². The molecule has 0 aliphatic rings. The molecule has 0 saturated carbocycles. The number of aliphatic hydroxyl groups is 1. The third kappa shape index (κ3) is 6.84. The van der Waals surface area contributed by atoms with E-state index in [2.05, 4.69) is 15.5 Å². The standard InChI is InChI=1S/C26H30N4O5/c1-26(2,3)21(25-28-22(30-35-25)18-14-8-5-9-15-18)27-23(32)19(20(31)24(33)29-34)16-10-13-17-11-6-4-7-12-17/h4-15,19-21,31,34H,16H2,1-3H3,(H,27,32)(H,29,33)/t19-,20+,21-/m1/s1. The third-order valence-corrected chi connectivity index (χ3v) is 5.47. The van der Waals surface area contributed by atoms with Crippen LogP contribution in [0.3, 0.4) is 0 Å². The maximum atomic E-state index is 13.3. The fourth-order valence-corrected chi connectivity index (χ4v) is 3.50. The van der Waals surface area contributed by atoms with E-state index in [9.17, 15) is 14.7 Å². The van der Waals surface area contributed by atoms with Crippen LogP contribution in [0.4, 0.5) is 0 Å². The molecule has 9 heteroatoms. The van der Waals surface area contributed by atoms with Crippen molar-refractivity contribution in [3.05, 3.63) is 78.2 Å². The minimum absolute atomic E-state index is 0.0469. The molecule has 0 fully saturated rings. The highest BCUT2D eigenvalue weighted by Crippen LogP contribution is 2.33. The Kier molecular flexibility index (Phi) is 8.51. The number of nitrogens with zero attached hydrogens (tertiary/aromatic N) is 2. The van der Waals surface area contributed by atoms with E-state index in [1.54, 1.807) is 12.2 Å². The van der Waals surface area contributed by atoms with Gasteiger partial charge < -0.3 is 14.9 Å². The molecule has 2 amide bonds. The Bertz CT molecular complexity index is 1140. The number of benzene rings is 2. The second kappa shape index (κ2) is 11.5. The van der Waals surface area contributed by atoms with Crippen molar-refractivity contribution in [2.45, 2.75) is 39.3 Å². The van der Waals surface area contributed by atoms with Gasteiger partial charge in [0.15, 0.2) is 0 Å². The number of nitrogens with one attached hydrogen (secondary N) is 2. The Labute approximate surface area is 203 Å². The molecule has 0 saturated heterocycles. The number of rotatable bonds is 9. The van der Waals surface area contributed by atoms with Crippen LogP contribution < -0.4 is 10.8 Å². The van der Waals surface area contributed by atoms with Gasteiger partial charge in [0.05, 0.1) is 5.92 Å². The van der Waals surface area contributed by atoms with Crippen LogP contribution in [0.1, 0.15) is 44.7 Å². The minimum Gasteiger partial charge on any atom is -0.382 e. The molecule has 0 aliphatic carbocycles. The quantitative estimate of drug-likeness (QED) is 0.273. The molecule has 3 aromatic rings. The molecule has 0 bridgehead atoms. The number of hydrogen-bond donors (Lipinski definition) is 4. The first-order chi connectivity index (χ1) is 16.7. The molecule has 9 nitrogen and oxygen atoms in total. The van der Waals surface area contributed by atoms with Crippen molar-refractivity contribution in [2.75, 3.05) is 0 Å². The second-order valence-electron chi connectivity index (χ2n) is 9.21. The molecule has 3 rings (SSSR count). The summed E-state index contributed by atoms with van der Waals surface area (Å²) in [7, 11) is 0. The van der Waals surface area contributed by atoms with Crippen molar-refractivity contribution in [1.29, 1.82) is 0 Å². The Morgan fingerprint density at radius 1 is 1.03 bits per heavy atom. The van der Waals surface area contributed by atoms with Crippen LogP contribution in [0, 0.1) is 11.3 Å². The van der Waals surface area contributed by atoms with Crippen LogP contribution in [0.15, 0.2) is 71.3 Å². The number of hydroxylamine groups is 1. The molecule has 1 aromatic heterocycles. The predicted molar refractivity (Wildman–Crippen MR) is 130 cm³/mol. The van der Waals surface area contributed by atoms with E-state index in [4.69, 9.17) is 9.73 Å². The molecule has 4 N–H and O–H groups in total. The Morgan fingerprint density at radius 2 is 1.66 bits per heavy atom. The first kappa shape index (κ1) is 25.8. The van der Waals surface area contributed by atoms with Crippen LogP contribution >= 0.6 is 0 Å². The van der Waals surface area contributed by atoms with Crippen LogP contribution in [-0.4, -0.2) is 38.4 Å². The van der Waals surface area contributed by atoms with Crippen molar-refractivity contribution in [1.82, 2.24) is 20.9 Å². The highest BCUT2D eigenvalue weighted by atomic mass is 16.5. The zero-order valence-electron chi connectivity index (χ0n) is 19.9. The van der Waals surface area contributed by atoms with Crippen LogP contribution in [0.5, 0.6) is 0 Å². The van der Waals surface area contributed by atoms with Gasteiger partial charge in [-0.25, -0.2) is 5.48 Å². The topological polar surface area (TPSA) is 138 Å². The van der Waals surface area contributed by atoms with Crippen molar-refractivity contribution < 1.29 is 24.4 Å². The summed E-state index contributed by atoms with van der Waals surface area (Å²) in [5, 5.41) is 26.4. The molecule has 0 radical (unpaired) electrons. The number of aliphatic hydroxyl groups excluding tert-OH is 1. The Morgan fingerprint density at radius 3 is 2.26 bits per heavy atom. The number of hydrogen-bond acceptors (Lipinski definition) is 7. The SMILES string of the molecule is CC(C)(C)[C@H](NC(=O)[C@H](CC=Cc1ccccc1)[C@H](O)C(=O)NO)c1nc(-c2ccccc2)no1. The van der Waals surface area contributed by atoms with Gasteiger partial charge in [-0.2, -0.15) is 4.98 Å².